The Morgan fingerprint density at radius 2 is 2.19 bits per heavy atom. The molecule has 0 radical (unpaired) electrons. The standard InChI is InChI=1S/C11H13Cl2NOS/c1-8(15)14-4-5-16-7-9-2-3-10(12)6-11(9)13/h2-3,6H,4-5,7H2,1H3,(H,14,15). The fourth-order valence-corrected chi connectivity index (χ4v) is 2.54. The molecule has 1 rings (SSSR count). The van der Waals surface area contributed by atoms with Gasteiger partial charge >= 0.3 is 0 Å². The van der Waals surface area contributed by atoms with Gasteiger partial charge in [-0.15, -0.1) is 0 Å². The molecule has 0 aliphatic rings. The minimum atomic E-state index is 0.00475. The fraction of sp³-hybridized carbons (Fsp3) is 0.364. The molecule has 1 amide bonds. The van der Waals surface area contributed by atoms with Gasteiger partial charge in [0.25, 0.3) is 0 Å². The Balaban J connectivity index is 2.29. The third-order valence-corrected chi connectivity index (χ3v) is 3.49. The van der Waals surface area contributed by atoms with E-state index in [4.69, 9.17) is 23.2 Å². The van der Waals surface area contributed by atoms with Crippen molar-refractivity contribution in [2.75, 3.05) is 12.3 Å². The summed E-state index contributed by atoms with van der Waals surface area (Å²) in [5, 5.41) is 4.09. The summed E-state index contributed by atoms with van der Waals surface area (Å²) in [6.45, 7) is 2.20. The van der Waals surface area contributed by atoms with Gasteiger partial charge < -0.3 is 5.32 Å². The monoisotopic (exact) mass is 277 g/mol. The molecule has 16 heavy (non-hydrogen) atoms. The van der Waals surface area contributed by atoms with Crippen molar-refractivity contribution < 1.29 is 4.79 Å². The molecule has 1 aromatic rings. The molecule has 0 bridgehead atoms. The summed E-state index contributed by atoms with van der Waals surface area (Å²) < 4.78 is 0. The average molecular weight is 278 g/mol. The van der Waals surface area contributed by atoms with Gasteiger partial charge in [0.2, 0.25) is 5.91 Å². The molecule has 0 unspecified atom stereocenters. The van der Waals surface area contributed by atoms with Crippen molar-refractivity contribution in [2.45, 2.75) is 12.7 Å². The minimum Gasteiger partial charge on any atom is -0.356 e. The predicted molar refractivity (Wildman–Crippen MR) is 71.3 cm³/mol. The molecule has 1 N–H and O–H groups in total. The maximum atomic E-state index is 10.6. The smallest absolute Gasteiger partial charge is 0.216 e. The lowest BCUT2D eigenvalue weighted by atomic mass is 10.2. The van der Waals surface area contributed by atoms with Crippen LogP contribution in [0.25, 0.3) is 0 Å². The molecule has 1 aromatic carbocycles. The van der Waals surface area contributed by atoms with Crippen LogP contribution in [0, 0.1) is 0 Å². The van der Waals surface area contributed by atoms with Gasteiger partial charge in [0.15, 0.2) is 0 Å². The van der Waals surface area contributed by atoms with E-state index in [0.717, 1.165) is 17.1 Å². The number of carbonyl (C=O) groups is 1. The molecule has 5 heteroatoms. The summed E-state index contributed by atoms with van der Waals surface area (Å²) in [4.78, 5) is 10.6. The quantitative estimate of drug-likeness (QED) is 0.837. The van der Waals surface area contributed by atoms with E-state index in [9.17, 15) is 4.79 Å². The van der Waals surface area contributed by atoms with Crippen LogP contribution in [0.2, 0.25) is 10.0 Å². The van der Waals surface area contributed by atoms with Gasteiger partial charge in [0, 0.05) is 35.0 Å². The Hall–Kier alpha value is -0.380. The number of halogens is 2. The fourth-order valence-electron chi connectivity index (χ4n) is 1.12. The molecule has 0 heterocycles. The Bertz CT molecular complexity index is 371. The molecular formula is C11H13Cl2NOS. The van der Waals surface area contributed by atoms with Crippen molar-refractivity contribution in [1.82, 2.24) is 5.32 Å². The Kier molecular flexibility index (Phi) is 6.03. The molecule has 0 aromatic heterocycles. The lowest BCUT2D eigenvalue weighted by Crippen LogP contribution is -2.22. The Morgan fingerprint density at radius 1 is 1.44 bits per heavy atom. The third-order valence-electron chi connectivity index (χ3n) is 1.89. The van der Waals surface area contributed by atoms with Crippen molar-refractivity contribution in [3.8, 4) is 0 Å². The SMILES string of the molecule is CC(=O)NCCSCc1ccc(Cl)cc1Cl. The maximum absolute atomic E-state index is 10.6. The third kappa shape index (κ3) is 5.10. The Labute approximate surface area is 110 Å². The van der Waals surface area contributed by atoms with Crippen molar-refractivity contribution in [3.05, 3.63) is 33.8 Å². The lowest BCUT2D eigenvalue weighted by Gasteiger charge is -2.05. The van der Waals surface area contributed by atoms with Crippen LogP contribution >= 0.6 is 35.0 Å². The summed E-state index contributed by atoms with van der Waals surface area (Å²) in [7, 11) is 0. The van der Waals surface area contributed by atoms with Crippen LogP contribution in [0.5, 0.6) is 0 Å². The molecule has 0 atom stereocenters. The van der Waals surface area contributed by atoms with Crippen molar-refractivity contribution in [2.24, 2.45) is 0 Å². The highest BCUT2D eigenvalue weighted by atomic mass is 35.5. The van der Waals surface area contributed by atoms with E-state index < -0.39 is 0 Å². The van der Waals surface area contributed by atoms with E-state index in [0.29, 0.717) is 16.6 Å². The first kappa shape index (κ1) is 13.7. The summed E-state index contributed by atoms with van der Waals surface area (Å²) >= 11 is 13.5. The number of benzene rings is 1. The number of hydrogen-bond donors (Lipinski definition) is 1. The largest absolute Gasteiger partial charge is 0.356 e. The van der Waals surface area contributed by atoms with Crippen LogP contribution in [-0.2, 0) is 10.5 Å². The minimum absolute atomic E-state index is 0.00475. The number of hydrogen-bond acceptors (Lipinski definition) is 2. The first-order chi connectivity index (χ1) is 7.59. The van der Waals surface area contributed by atoms with Crippen molar-refractivity contribution in [1.29, 1.82) is 0 Å². The van der Waals surface area contributed by atoms with Crippen LogP contribution in [0.15, 0.2) is 18.2 Å². The predicted octanol–water partition coefficient (Wildman–Crippen LogP) is 3.36. The summed E-state index contributed by atoms with van der Waals surface area (Å²) in [5.74, 6) is 1.71. The molecule has 0 fully saturated rings. The number of thioether (sulfide) groups is 1. The van der Waals surface area contributed by atoms with Gasteiger partial charge in [-0.2, -0.15) is 11.8 Å². The number of nitrogens with one attached hydrogen (secondary N) is 1. The van der Waals surface area contributed by atoms with Crippen LogP contribution in [0.1, 0.15) is 12.5 Å². The van der Waals surface area contributed by atoms with E-state index in [1.807, 2.05) is 12.1 Å². The van der Waals surface area contributed by atoms with E-state index >= 15 is 0 Å². The van der Waals surface area contributed by atoms with Gasteiger partial charge in [0.05, 0.1) is 0 Å². The topological polar surface area (TPSA) is 29.1 Å². The summed E-state index contributed by atoms with van der Waals surface area (Å²) in [6.07, 6.45) is 0. The average Bonchev–Trinajstić information content (AvgIpc) is 2.20. The first-order valence-electron chi connectivity index (χ1n) is 4.85. The number of carbonyl (C=O) groups excluding carboxylic acids is 1. The highest BCUT2D eigenvalue weighted by Crippen LogP contribution is 2.24. The van der Waals surface area contributed by atoms with E-state index in [1.54, 1.807) is 17.8 Å². The second-order valence-electron chi connectivity index (χ2n) is 3.27. The highest BCUT2D eigenvalue weighted by Gasteiger charge is 2.01. The second-order valence-corrected chi connectivity index (χ2v) is 5.22. The molecule has 2 nitrogen and oxygen atoms in total. The summed E-state index contributed by atoms with van der Waals surface area (Å²) in [6, 6.07) is 5.50. The zero-order valence-electron chi connectivity index (χ0n) is 8.93. The van der Waals surface area contributed by atoms with E-state index in [1.165, 1.54) is 6.92 Å². The van der Waals surface area contributed by atoms with E-state index in [2.05, 4.69) is 5.32 Å². The van der Waals surface area contributed by atoms with Crippen LogP contribution in [-0.4, -0.2) is 18.2 Å². The molecule has 0 saturated carbocycles. The number of rotatable bonds is 5. The second kappa shape index (κ2) is 7.05. The van der Waals surface area contributed by atoms with Crippen LogP contribution in [0.4, 0.5) is 0 Å². The zero-order valence-corrected chi connectivity index (χ0v) is 11.3. The van der Waals surface area contributed by atoms with Crippen LogP contribution in [0.3, 0.4) is 0 Å². The zero-order chi connectivity index (χ0) is 12.0. The molecular weight excluding hydrogens is 265 g/mol. The summed E-state index contributed by atoms with van der Waals surface area (Å²) in [5.41, 5.74) is 1.07. The van der Waals surface area contributed by atoms with Gasteiger partial charge in [-0.3, -0.25) is 4.79 Å². The molecule has 88 valence electrons. The van der Waals surface area contributed by atoms with Crippen LogP contribution < -0.4 is 5.32 Å². The van der Waals surface area contributed by atoms with Crippen molar-refractivity contribution in [3.63, 3.8) is 0 Å². The van der Waals surface area contributed by atoms with Gasteiger partial charge in [-0.1, -0.05) is 29.3 Å². The Morgan fingerprint density at radius 3 is 2.81 bits per heavy atom. The molecule has 0 spiro atoms. The van der Waals surface area contributed by atoms with Crippen molar-refractivity contribution >= 4 is 40.9 Å². The highest BCUT2D eigenvalue weighted by molar-refractivity contribution is 7.98. The molecule has 0 aliphatic carbocycles. The maximum Gasteiger partial charge on any atom is 0.216 e. The normalized spacial score (nSPS) is 10.2. The molecule has 0 aliphatic heterocycles. The lowest BCUT2D eigenvalue weighted by molar-refractivity contribution is -0.118. The first-order valence-corrected chi connectivity index (χ1v) is 6.77. The van der Waals surface area contributed by atoms with Gasteiger partial charge in [-0.05, 0) is 17.7 Å². The molecule has 0 saturated heterocycles. The van der Waals surface area contributed by atoms with Gasteiger partial charge in [0.1, 0.15) is 0 Å². The van der Waals surface area contributed by atoms with E-state index in [-0.39, 0.29) is 5.91 Å². The van der Waals surface area contributed by atoms with Gasteiger partial charge in [-0.25, -0.2) is 0 Å². The number of amides is 1.